The van der Waals surface area contributed by atoms with Crippen LogP contribution in [0.3, 0.4) is 0 Å². The van der Waals surface area contributed by atoms with Gasteiger partial charge in [-0.2, -0.15) is 4.98 Å². The average molecular weight is 425 g/mol. The zero-order valence-corrected chi connectivity index (χ0v) is 18.0. The summed E-state index contributed by atoms with van der Waals surface area (Å²) in [6.45, 7) is 9.04. The second-order valence-corrected chi connectivity index (χ2v) is 8.69. The summed E-state index contributed by atoms with van der Waals surface area (Å²) < 4.78 is 5.52. The molecule has 10 nitrogen and oxygen atoms in total. The van der Waals surface area contributed by atoms with Crippen LogP contribution in [0, 0.1) is 0 Å². The largest absolute Gasteiger partial charge is 0.378 e. The van der Waals surface area contributed by atoms with Gasteiger partial charge < -0.3 is 25.2 Å². The van der Waals surface area contributed by atoms with Crippen LogP contribution in [0.1, 0.15) is 25.8 Å². The number of nitrogens with two attached hydrogens (primary N) is 1. The van der Waals surface area contributed by atoms with Gasteiger partial charge in [-0.3, -0.25) is 4.79 Å². The minimum Gasteiger partial charge on any atom is -0.378 e. The number of likely N-dealkylation sites (tertiary alicyclic amines) is 1. The van der Waals surface area contributed by atoms with Crippen LogP contribution in [0.25, 0.3) is 11.3 Å². The standard InChI is InChI=1S/C21H28N8O2/c1-14(30)28-6-4-21(2,13-28)29-5-3-16-17(15-11-23-19(22)24-12-15)25-20(26-18(16)29)27-7-9-31-10-8-27/h11-12H,3-10,13H2,1-2H3,(H2,22,23,24)/t21-/m1/s1. The third-order valence-corrected chi connectivity index (χ3v) is 6.60. The normalized spacial score (nSPS) is 23.4. The first-order chi connectivity index (χ1) is 14.9. The zero-order valence-electron chi connectivity index (χ0n) is 18.0. The number of nitrogens with zero attached hydrogens (tertiary/aromatic N) is 7. The number of ether oxygens (including phenoxy) is 1. The number of fused-ring (bicyclic) bond motifs is 1. The molecule has 0 saturated carbocycles. The van der Waals surface area contributed by atoms with Gasteiger partial charge in [0.05, 0.1) is 24.4 Å². The first-order valence-electron chi connectivity index (χ1n) is 10.8. The van der Waals surface area contributed by atoms with E-state index in [0.29, 0.717) is 25.7 Å². The van der Waals surface area contributed by atoms with E-state index in [4.69, 9.17) is 20.4 Å². The molecule has 5 rings (SSSR count). The fourth-order valence-corrected chi connectivity index (χ4v) is 4.81. The summed E-state index contributed by atoms with van der Waals surface area (Å²) >= 11 is 0. The fourth-order valence-electron chi connectivity index (χ4n) is 4.81. The van der Waals surface area contributed by atoms with Crippen LogP contribution in [-0.4, -0.2) is 82.2 Å². The summed E-state index contributed by atoms with van der Waals surface area (Å²) in [5.41, 5.74) is 8.36. The molecule has 2 fully saturated rings. The Morgan fingerprint density at radius 1 is 1.13 bits per heavy atom. The lowest BCUT2D eigenvalue weighted by Gasteiger charge is -2.37. The van der Waals surface area contributed by atoms with E-state index >= 15 is 0 Å². The van der Waals surface area contributed by atoms with Gasteiger partial charge in [0.15, 0.2) is 0 Å². The Morgan fingerprint density at radius 2 is 1.87 bits per heavy atom. The van der Waals surface area contributed by atoms with E-state index in [9.17, 15) is 4.79 Å². The molecule has 1 atom stereocenters. The van der Waals surface area contributed by atoms with Crippen molar-refractivity contribution in [1.29, 1.82) is 0 Å². The highest BCUT2D eigenvalue weighted by Gasteiger charge is 2.44. The van der Waals surface area contributed by atoms with Crippen LogP contribution in [0.15, 0.2) is 12.4 Å². The lowest BCUT2D eigenvalue weighted by molar-refractivity contribution is -0.127. The maximum Gasteiger partial charge on any atom is 0.228 e. The van der Waals surface area contributed by atoms with Crippen molar-refractivity contribution in [3.63, 3.8) is 0 Å². The van der Waals surface area contributed by atoms with Gasteiger partial charge in [-0.1, -0.05) is 0 Å². The van der Waals surface area contributed by atoms with E-state index in [2.05, 4.69) is 26.7 Å². The second kappa shape index (κ2) is 7.60. The Morgan fingerprint density at radius 3 is 2.55 bits per heavy atom. The van der Waals surface area contributed by atoms with Crippen LogP contribution >= 0.6 is 0 Å². The lowest BCUT2D eigenvalue weighted by Crippen LogP contribution is -2.48. The highest BCUT2D eigenvalue weighted by Crippen LogP contribution is 2.41. The molecule has 2 aromatic rings. The molecule has 1 amide bonds. The Labute approximate surface area is 181 Å². The SMILES string of the molecule is CC(=O)N1CC[C@@](C)(N2CCc3c(-c4cnc(N)nc4)nc(N4CCOCC4)nc32)C1. The first-order valence-corrected chi connectivity index (χ1v) is 10.8. The molecular formula is C21H28N8O2. The number of carbonyl (C=O) groups excluding carboxylic acids is 1. The van der Waals surface area contributed by atoms with E-state index in [1.807, 2.05) is 4.90 Å². The number of carbonyl (C=O) groups is 1. The third kappa shape index (κ3) is 3.54. The van der Waals surface area contributed by atoms with Crippen LogP contribution in [0.2, 0.25) is 0 Å². The van der Waals surface area contributed by atoms with Crippen molar-refractivity contribution < 1.29 is 9.53 Å². The van der Waals surface area contributed by atoms with E-state index < -0.39 is 0 Å². The third-order valence-electron chi connectivity index (χ3n) is 6.60. The predicted octanol–water partition coefficient (Wildman–Crippen LogP) is 0.726. The Hall–Kier alpha value is -3.01. The maximum atomic E-state index is 12.0. The van der Waals surface area contributed by atoms with Crippen molar-refractivity contribution in [2.24, 2.45) is 0 Å². The molecule has 3 aliphatic heterocycles. The molecule has 5 heterocycles. The topological polar surface area (TPSA) is 114 Å². The van der Waals surface area contributed by atoms with Crippen LogP contribution in [-0.2, 0) is 16.0 Å². The summed E-state index contributed by atoms with van der Waals surface area (Å²) in [4.78, 5) is 36.8. The van der Waals surface area contributed by atoms with Crippen molar-refractivity contribution in [2.75, 3.05) is 61.5 Å². The van der Waals surface area contributed by atoms with Gasteiger partial charge in [-0.25, -0.2) is 15.0 Å². The number of aromatic nitrogens is 4. The Kier molecular flexibility index (Phi) is 4.88. The van der Waals surface area contributed by atoms with Crippen LogP contribution in [0.5, 0.6) is 0 Å². The van der Waals surface area contributed by atoms with Gasteiger partial charge in [0.1, 0.15) is 5.82 Å². The van der Waals surface area contributed by atoms with Crippen LogP contribution < -0.4 is 15.5 Å². The molecule has 0 spiro atoms. The average Bonchev–Trinajstić information content (AvgIpc) is 3.39. The Balaban J connectivity index is 1.58. The molecule has 0 unspecified atom stereocenters. The monoisotopic (exact) mass is 424 g/mol. The molecular weight excluding hydrogens is 396 g/mol. The Bertz CT molecular complexity index is 992. The quantitative estimate of drug-likeness (QED) is 0.761. The molecule has 2 aromatic heterocycles. The lowest BCUT2D eigenvalue weighted by atomic mass is 9.99. The van der Waals surface area contributed by atoms with E-state index in [1.165, 1.54) is 0 Å². The second-order valence-electron chi connectivity index (χ2n) is 8.69. The molecule has 10 heteroatoms. The number of rotatable bonds is 3. The number of hydrogen-bond donors (Lipinski definition) is 1. The molecule has 31 heavy (non-hydrogen) atoms. The highest BCUT2D eigenvalue weighted by atomic mass is 16.5. The summed E-state index contributed by atoms with van der Waals surface area (Å²) in [5, 5.41) is 0. The summed E-state index contributed by atoms with van der Waals surface area (Å²) in [6.07, 6.45) is 5.22. The van der Waals surface area contributed by atoms with Gasteiger partial charge in [0, 0.05) is 63.2 Å². The van der Waals surface area contributed by atoms with Crippen molar-refractivity contribution >= 4 is 23.6 Å². The molecule has 164 valence electrons. The van der Waals surface area contributed by atoms with E-state index in [-0.39, 0.29) is 17.4 Å². The molecule has 0 bridgehead atoms. The molecule has 0 radical (unpaired) electrons. The first kappa shape index (κ1) is 19.9. The summed E-state index contributed by atoms with van der Waals surface area (Å²) in [5.74, 6) is 2.02. The van der Waals surface area contributed by atoms with Gasteiger partial charge in [0.25, 0.3) is 0 Å². The molecule has 2 N–H and O–H groups in total. The molecule has 0 aromatic carbocycles. The number of amides is 1. The number of hydrogen-bond acceptors (Lipinski definition) is 9. The summed E-state index contributed by atoms with van der Waals surface area (Å²) in [7, 11) is 0. The maximum absolute atomic E-state index is 12.0. The van der Waals surface area contributed by atoms with Gasteiger partial charge >= 0.3 is 0 Å². The van der Waals surface area contributed by atoms with Crippen molar-refractivity contribution in [1.82, 2.24) is 24.8 Å². The molecule has 2 saturated heterocycles. The van der Waals surface area contributed by atoms with Crippen molar-refractivity contribution in [3.05, 3.63) is 18.0 Å². The minimum atomic E-state index is -0.150. The summed E-state index contributed by atoms with van der Waals surface area (Å²) in [6, 6.07) is 0. The zero-order chi connectivity index (χ0) is 21.6. The highest BCUT2D eigenvalue weighted by molar-refractivity contribution is 5.75. The molecule has 3 aliphatic rings. The van der Waals surface area contributed by atoms with Gasteiger partial charge in [0.2, 0.25) is 17.8 Å². The predicted molar refractivity (Wildman–Crippen MR) is 117 cm³/mol. The minimum absolute atomic E-state index is 0.125. The van der Waals surface area contributed by atoms with Crippen molar-refractivity contribution in [2.45, 2.75) is 32.2 Å². The molecule has 0 aliphatic carbocycles. The number of morpholine rings is 1. The van der Waals surface area contributed by atoms with Crippen LogP contribution in [0.4, 0.5) is 17.7 Å². The fraction of sp³-hybridized carbons (Fsp3) is 0.571. The van der Waals surface area contributed by atoms with Gasteiger partial charge in [-0.05, 0) is 19.8 Å². The van der Waals surface area contributed by atoms with E-state index in [1.54, 1.807) is 19.3 Å². The van der Waals surface area contributed by atoms with Crippen molar-refractivity contribution in [3.8, 4) is 11.3 Å². The number of anilines is 3. The van der Waals surface area contributed by atoms with Gasteiger partial charge in [-0.15, -0.1) is 0 Å². The smallest absolute Gasteiger partial charge is 0.228 e. The number of nitrogen functional groups attached to an aromatic ring is 1. The van der Waals surface area contributed by atoms with E-state index in [0.717, 1.165) is 61.7 Å².